The Morgan fingerprint density at radius 3 is 2.56 bits per heavy atom. The van der Waals surface area contributed by atoms with Crippen LogP contribution < -0.4 is 10.6 Å². The first-order valence-electron chi connectivity index (χ1n) is 4.55. The molecule has 1 aromatic rings. The van der Waals surface area contributed by atoms with Gasteiger partial charge in [0.1, 0.15) is 0 Å². The van der Waals surface area contributed by atoms with E-state index in [1.54, 1.807) is 18.2 Å². The highest BCUT2D eigenvalue weighted by Gasteiger charge is 2.13. The molecule has 0 fully saturated rings. The van der Waals surface area contributed by atoms with Gasteiger partial charge in [0.25, 0.3) is 0 Å². The summed E-state index contributed by atoms with van der Waals surface area (Å²) in [5.74, 6) is -1.14. The zero-order valence-corrected chi connectivity index (χ0v) is 10.6. The highest BCUT2D eigenvalue weighted by Crippen LogP contribution is 2.20. The van der Waals surface area contributed by atoms with Crippen molar-refractivity contribution in [3.63, 3.8) is 0 Å². The quantitative estimate of drug-likeness (QED) is 0.660. The number of rotatable bonds is 3. The molecule has 0 saturated carbocycles. The van der Waals surface area contributed by atoms with Crippen molar-refractivity contribution in [3.05, 3.63) is 28.7 Å². The smallest absolute Gasteiger partial charge is 0.313 e. The normalized spacial score (nSPS) is 9.62. The van der Waals surface area contributed by atoms with Crippen molar-refractivity contribution < 1.29 is 9.59 Å². The van der Waals surface area contributed by atoms with Crippen LogP contribution in [0.15, 0.2) is 28.7 Å². The molecule has 6 heteroatoms. The second-order valence-corrected chi connectivity index (χ2v) is 4.11. The van der Waals surface area contributed by atoms with Crippen LogP contribution in [-0.2, 0) is 9.59 Å². The molecule has 0 aliphatic heterocycles. The summed E-state index contributed by atoms with van der Waals surface area (Å²) in [5, 5.41) is 4.85. The molecule has 0 aliphatic rings. The molecular weight excluding hydrogens is 295 g/mol. The SMILES string of the molecule is O=C(NCCCl)C(=O)Nc1ccccc1Br. The second-order valence-electron chi connectivity index (χ2n) is 2.88. The Labute approximate surface area is 106 Å². The van der Waals surface area contributed by atoms with Gasteiger partial charge in [-0.25, -0.2) is 0 Å². The first-order chi connectivity index (χ1) is 7.65. The third-order valence-electron chi connectivity index (χ3n) is 1.71. The van der Waals surface area contributed by atoms with Gasteiger partial charge >= 0.3 is 11.8 Å². The molecule has 86 valence electrons. The fraction of sp³-hybridized carbons (Fsp3) is 0.200. The van der Waals surface area contributed by atoms with Crippen molar-refractivity contribution in [2.24, 2.45) is 0 Å². The van der Waals surface area contributed by atoms with Gasteiger partial charge in [-0.2, -0.15) is 0 Å². The standard InChI is InChI=1S/C10H10BrClN2O2/c11-7-3-1-2-4-8(7)14-10(16)9(15)13-6-5-12/h1-4H,5-6H2,(H,13,15)(H,14,16). The van der Waals surface area contributed by atoms with E-state index in [9.17, 15) is 9.59 Å². The summed E-state index contributed by atoms with van der Waals surface area (Å²) in [7, 11) is 0. The van der Waals surface area contributed by atoms with E-state index >= 15 is 0 Å². The second kappa shape index (κ2) is 6.50. The van der Waals surface area contributed by atoms with Gasteiger partial charge in [0.05, 0.1) is 5.69 Å². The monoisotopic (exact) mass is 304 g/mol. The topological polar surface area (TPSA) is 58.2 Å². The number of para-hydroxylation sites is 1. The molecule has 0 saturated heterocycles. The summed E-state index contributed by atoms with van der Waals surface area (Å²) >= 11 is 8.64. The van der Waals surface area contributed by atoms with E-state index in [-0.39, 0.29) is 12.4 Å². The van der Waals surface area contributed by atoms with Crippen LogP contribution in [0.1, 0.15) is 0 Å². The van der Waals surface area contributed by atoms with E-state index in [0.717, 1.165) is 0 Å². The molecule has 2 N–H and O–H groups in total. The largest absolute Gasteiger partial charge is 0.347 e. The molecule has 0 spiro atoms. The molecule has 0 heterocycles. The molecule has 0 unspecified atom stereocenters. The summed E-state index contributed by atoms with van der Waals surface area (Å²) in [6, 6.07) is 7.04. The van der Waals surface area contributed by atoms with Crippen LogP contribution in [0, 0.1) is 0 Å². The Hall–Kier alpha value is -1.07. The third kappa shape index (κ3) is 3.83. The highest BCUT2D eigenvalue weighted by molar-refractivity contribution is 9.10. The lowest BCUT2D eigenvalue weighted by molar-refractivity contribution is -0.136. The van der Waals surface area contributed by atoms with Gasteiger partial charge in [0.2, 0.25) is 0 Å². The predicted octanol–water partition coefficient (Wildman–Crippen LogP) is 1.74. The Bertz CT molecular complexity index is 398. The number of alkyl halides is 1. The van der Waals surface area contributed by atoms with Gasteiger partial charge in [-0.15, -0.1) is 11.6 Å². The van der Waals surface area contributed by atoms with E-state index < -0.39 is 11.8 Å². The van der Waals surface area contributed by atoms with Crippen molar-refractivity contribution in [2.75, 3.05) is 17.7 Å². The Kier molecular flexibility index (Phi) is 5.28. The summed E-state index contributed by atoms with van der Waals surface area (Å²) in [6.07, 6.45) is 0. The number of carbonyl (C=O) groups excluding carboxylic acids is 2. The molecule has 0 radical (unpaired) electrons. The van der Waals surface area contributed by atoms with Gasteiger partial charge < -0.3 is 10.6 Å². The maximum absolute atomic E-state index is 11.4. The number of nitrogens with one attached hydrogen (secondary N) is 2. The molecule has 1 rings (SSSR count). The summed E-state index contributed by atoms with van der Waals surface area (Å²) in [4.78, 5) is 22.6. The molecule has 16 heavy (non-hydrogen) atoms. The van der Waals surface area contributed by atoms with E-state index in [1.807, 2.05) is 6.07 Å². The van der Waals surface area contributed by atoms with E-state index in [1.165, 1.54) is 0 Å². The number of carbonyl (C=O) groups is 2. The van der Waals surface area contributed by atoms with Crippen LogP contribution >= 0.6 is 27.5 Å². The van der Waals surface area contributed by atoms with Gasteiger partial charge in [0, 0.05) is 16.9 Å². The summed E-state index contributed by atoms with van der Waals surface area (Å²) in [5.41, 5.74) is 0.550. The minimum Gasteiger partial charge on any atom is -0.347 e. The van der Waals surface area contributed by atoms with Crippen molar-refractivity contribution in [1.82, 2.24) is 5.32 Å². The van der Waals surface area contributed by atoms with Crippen LogP contribution in [0.3, 0.4) is 0 Å². The number of hydrogen-bond donors (Lipinski definition) is 2. The number of benzene rings is 1. The fourth-order valence-electron chi connectivity index (χ4n) is 0.983. The average Bonchev–Trinajstić information content (AvgIpc) is 2.28. The molecule has 4 nitrogen and oxygen atoms in total. The molecule has 2 amide bonds. The minimum atomic E-state index is -0.711. The Morgan fingerprint density at radius 2 is 1.94 bits per heavy atom. The zero-order valence-electron chi connectivity index (χ0n) is 8.30. The van der Waals surface area contributed by atoms with Crippen LogP contribution in [0.5, 0.6) is 0 Å². The van der Waals surface area contributed by atoms with E-state index in [0.29, 0.717) is 10.2 Å². The highest BCUT2D eigenvalue weighted by atomic mass is 79.9. The Balaban J connectivity index is 2.58. The van der Waals surface area contributed by atoms with Crippen molar-refractivity contribution in [1.29, 1.82) is 0 Å². The zero-order chi connectivity index (χ0) is 12.0. The van der Waals surface area contributed by atoms with Gasteiger partial charge in [-0.05, 0) is 28.1 Å². The molecule has 1 aromatic carbocycles. The molecule has 0 atom stereocenters. The maximum Gasteiger partial charge on any atom is 0.313 e. The lowest BCUT2D eigenvalue weighted by Gasteiger charge is -2.06. The third-order valence-corrected chi connectivity index (χ3v) is 2.59. The number of anilines is 1. The number of hydrogen-bond acceptors (Lipinski definition) is 2. The predicted molar refractivity (Wildman–Crippen MR) is 66.5 cm³/mol. The lowest BCUT2D eigenvalue weighted by atomic mass is 10.3. The lowest BCUT2D eigenvalue weighted by Crippen LogP contribution is -2.36. The van der Waals surface area contributed by atoms with Gasteiger partial charge in [-0.3, -0.25) is 9.59 Å². The van der Waals surface area contributed by atoms with Crippen LogP contribution in [0.25, 0.3) is 0 Å². The number of halogens is 2. The minimum absolute atomic E-state index is 0.268. The number of amides is 2. The summed E-state index contributed by atoms with van der Waals surface area (Å²) in [6.45, 7) is 0.268. The van der Waals surface area contributed by atoms with Crippen LogP contribution in [0.4, 0.5) is 5.69 Å². The molecule has 0 aromatic heterocycles. The summed E-state index contributed by atoms with van der Waals surface area (Å²) < 4.78 is 0.716. The molecule has 0 bridgehead atoms. The van der Waals surface area contributed by atoms with E-state index in [2.05, 4.69) is 26.6 Å². The Morgan fingerprint density at radius 1 is 1.25 bits per heavy atom. The first-order valence-corrected chi connectivity index (χ1v) is 5.87. The average molecular weight is 306 g/mol. The first kappa shape index (κ1) is 13.0. The fourth-order valence-corrected chi connectivity index (χ4v) is 1.46. The van der Waals surface area contributed by atoms with Crippen molar-refractivity contribution in [2.45, 2.75) is 0 Å². The van der Waals surface area contributed by atoms with Gasteiger partial charge in [-0.1, -0.05) is 12.1 Å². The molecular formula is C10H10BrClN2O2. The van der Waals surface area contributed by atoms with Crippen molar-refractivity contribution >= 4 is 45.0 Å². The van der Waals surface area contributed by atoms with Crippen LogP contribution in [0.2, 0.25) is 0 Å². The van der Waals surface area contributed by atoms with Crippen LogP contribution in [-0.4, -0.2) is 24.2 Å². The van der Waals surface area contributed by atoms with Gasteiger partial charge in [0.15, 0.2) is 0 Å². The van der Waals surface area contributed by atoms with E-state index in [4.69, 9.17) is 11.6 Å². The van der Waals surface area contributed by atoms with Crippen molar-refractivity contribution in [3.8, 4) is 0 Å². The maximum atomic E-state index is 11.4. The molecule has 0 aliphatic carbocycles.